The van der Waals surface area contributed by atoms with Crippen LogP contribution in [0.4, 0.5) is 0 Å². The number of carboxylic acids is 1. The molecule has 0 aromatic carbocycles. The summed E-state index contributed by atoms with van der Waals surface area (Å²) in [6, 6.07) is 1.40. The van der Waals surface area contributed by atoms with Crippen LogP contribution in [0.25, 0.3) is 0 Å². The molecule has 19 heavy (non-hydrogen) atoms. The van der Waals surface area contributed by atoms with E-state index in [-0.39, 0.29) is 0 Å². The highest BCUT2D eigenvalue weighted by Gasteiger charge is 2.49. The van der Waals surface area contributed by atoms with Gasteiger partial charge in [-0.1, -0.05) is 13.3 Å². The van der Waals surface area contributed by atoms with Gasteiger partial charge in [-0.2, -0.15) is 0 Å². The molecule has 2 aliphatic rings. The van der Waals surface area contributed by atoms with Crippen molar-refractivity contribution in [3.05, 3.63) is 0 Å². The Morgan fingerprint density at radius 2 is 2.16 bits per heavy atom. The summed E-state index contributed by atoms with van der Waals surface area (Å²) in [6.45, 7) is 4.45. The minimum absolute atomic E-state index is 0.406. The Morgan fingerprint density at radius 3 is 2.68 bits per heavy atom. The predicted molar refractivity (Wildman–Crippen MR) is 76.3 cm³/mol. The van der Waals surface area contributed by atoms with Crippen molar-refractivity contribution in [1.82, 2.24) is 10.2 Å². The van der Waals surface area contributed by atoms with Crippen LogP contribution in [0.5, 0.6) is 0 Å². The summed E-state index contributed by atoms with van der Waals surface area (Å²) in [5.74, 6) is -0.654. The van der Waals surface area contributed by atoms with E-state index in [1.54, 1.807) is 0 Å². The second kappa shape index (κ2) is 5.80. The standard InChI is InChI=1S/C15H28N2O2/c1-4-5-11(2)17(3)13-8-9-15(10-13,14(18)19)16-12-6-7-12/h11-13,16H,4-10H2,1-3H3,(H,18,19). The molecule has 4 nitrogen and oxygen atoms in total. The highest BCUT2D eigenvalue weighted by molar-refractivity contribution is 5.79. The van der Waals surface area contributed by atoms with Crippen molar-refractivity contribution in [2.75, 3.05) is 7.05 Å². The van der Waals surface area contributed by atoms with Crippen molar-refractivity contribution in [2.24, 2.45) is 0 Å². The minimum Gasteiger partial charge on any atom is -0.480 e. The van der Waals surface area contributed by atoms with Gasteiger partial charge >= 0.3 is 5.97 Å². The maximum atomic E-state index is 11.7. The maximum Gasteiger partial charge on any atom is 0.323 e. The van der Waals surface area contributed by atoms with E-state index >= 15 is 0 Å². The van der Waals surface area contributed by atoms with Gasteiger partial charge in [0.2, 0.25) is 0 Å². The third kappa shape index (κ3) is 3.29. The fourth-order valence-corrected chi connectivity index (χ4v) is 3.35. The topological polar surface area (TPSA) is 52.6 Å². The molecule has 0 spiro atoms. The first kappa shape index (κ1) is 14.8. The molecule has 2 N–H and O–H groups in total. The van der Waals surface area contributed by atoms with Gasteiger partial charge in [0.25, 0.3) is 0 Å². The molecular weight excluding hydrogens is 240 g/mol. The average molecular weight is 268 g/mol. The van der Waals surface area contributed by atoms with Gasteiger partial charge in [-0.05, 0) is 52.5 Å². The molecule has 110 valence electrons. The van der Waals surface area contributed by atoms with Crippen molar-refractivity contribution >= 4 is 5.97 Å². The van der Waals surface area contributed by atoms with Gasteiger partial charge in [-0.3, -0.25) is 10.1 Å². The summed E-state index contributed by atoms with van der Waals surface area (Å²) in [4.78, 5) is 14.1. The lowest BCUT2D eigenvalue weighted by atomic mass is 9.96. The van der Waals surface area contributed by atoms with E-state index in [0.717, 1.165) is 32.1 Å². The second-order valence-electron chi connectivity index (χ2n) is 6.51. The second-order valence-corrected chi connectivity index (χ2v) is 6.51. The predicted octanol–water partition coefficient (Wildman–Crippen LogP) is 2.23. The highest BCUT2D eigenvalue weighted by atomic mass is 16.4. The van der Waals surface area contributed by atoms with Crippen molar-refractivity contribution in [1.29, 1.82) is 0 Å². The first-order valence-corrected chi connectivity index (χ1v) is 7.71. The van der Waals surface area contributed by atoms with Crippen LogP contribution in [0, 0.1) is 0 Å². The molecule has 2 saturated carbocycles. The molecule has 4 heteroatoms. The number of aliphatic carboxylic acids is 1. The maximum absolute atomic E-state index is 11.7. The van der Waals surface area contributed by atoms with Gasteiger partial charge < -0.3 is 10.0 Å². The summed E-state index contributed by atoms with van der Waals surface area (Å²) in [5, 5.41) is 13.0. The highest BCUT2D eigenvalue weighted by Crippen LogP contribution is 2.37. The van der Waals surface area contributed by atoms with Crippen LogP contribution in [-0.2, 0) is 4.79 Å². The third-order valence-electron chi connectivity index (χ3n) is 4.93. The fourth-order valence-electron chi connectivity index (χ4n) is 3.35. The zero-order valence-corrected chi connectivity index (χ0v) is 12.5. The molecular formula is C15H28N2O2. The molecule has 0 aromatic heterocycles. The summed E-state index contributed by atoms with van der Waals surface area (Å²) in [6.07, 6.45) is 7.17. The quantitative estimate of drug-likeness (QED) is 0.743. The zero-order valence-electron chi connectivity index (χ0n) is 12.5. The summed E-state index contributed by atoms with van der Waals surface area (Å²) < 4.78 is 0. The van der Waals surface area contributed by atoms with E-state index < -0.39 is 11.5 Å². The molecule has 3 unspecified atom stereocenters. The van der Waals surface area contributed by atoms with E-state index in [1.807, 2.05) is 0 Å². The first-order valence-electron chi connectivity index (χ1n) is 7.71. The molecule has 0 bridgehead atoms. The lowest BCUT2D eigenvalue weighted by Crippen LogP contribution is -2.52. The summed E-state index contributed by atoms with van der Waals surface area (Å²) in [7, 11) is 2.15. The molecule has 0 radical (unpaired) electrons. The zero-order chi connectivity index (χ0) is 14.0. The Kier molecular flexibility index (Phi) is 4.51. The lowest BCUT2D eigenvalue weighted by molar-refractivity contribution is -0.145. The molecule has 0 amide bonds. The number of hydrogen-bond donors (Lipinski definition) is 2. The van der Waals surface area contributed by atoms with Crippen LogP contribution in [0.1, 0.15) is 58.8 Å². The Hall–Kier alpha value is -0.610. The first-order chi connectivity index (χ1) is 8.98. The van der Waals surface area contributed by atoms with Crippen molar-refractivity contribution < 1.29 is 9.90 Å². The normalized spacial score (nSPS) is 32.7. The van der Waals surface area contributed by atoms with Gasteiger partial charge in [0, 0.05) is 18.1 Å². The molecule has 0 saturated heterocycles. The Morgan fingerprint density at radius 1 is 1.47 bits per heavy atom. The number of carbonyl (C=O) groups is 1. The van der Waals surface area contributed by atoms with E-state index in [9.17, 15) is 9.90 Å². The van der Waals surface area contributed by atoms with Gasteiger partial charge in [-0.15, -0.1) is 0 Å². The van der Waals surface area contributed by atoms with Crippen molar-refractivity contribution in [2.45, 2.75) is 82.5 Å². The Bertz CT molecular complexity index is 330. The van der Waals surface area contributed by atoms with Crippen LogP contribution < -0.4 is 5.32 Å². The molecule has 2 fully saturated rings. The van der Waals surface area contributed by atoms with Crippen LogP contribution in [0.3, 0.4) is 0 Å². The molecule has 0 aliphatic heterocycles. The van der Waals surface area contributed by atoms with Crippen LogP contribution in [-0.4, -0.2) is 46.7 Å². The van der Waals surface area contributed by atoms with Gasteiger partial charge in [0.05, 0.1) is 0 Å². The number of hydrogen-bond acceptors (Lipinski definition) is 3. The van der Waals surface area contributed by atoms with E-state index in [2.05, 4.69) is 31.1 Å². The number of carboxylic acid groups (broad SMARTS) is 1. The fraction of sp³-hybridized carbons (Fsp3) is 0.933. The number of nitrogens with one attached hydrogen (secondary N) is 1. The molecule has 0 heterocycles. The van der Waals surface area contributed by atoms with E-state index in [0.29, 0.717) is 18.1 Å². The molecule has 3 atom stereocenters. The molecule has 2 aliphatic carbocycles. The smallest absolute Gasteiger partial charge is 0.323 e. The van der Waals surface area contributed by atoms with Crippen LogP contribution in [0.2, 0.25) is 0 Å². The monoisotopic (exact) mass is 268 g/mol. The van der Waals surface area contributed by atoms with Crippen molar-refractivity contribution in [3.8, 4) is 0 Å². The average Bonchev–Trinajstić information content (AvgIpc) is 3.05. The molecule has 2 rings (SSSR count). The minimum atomic E-state index is -0.661. The Balaban J connectivity index is 1.97. The van der Waals surface area contributed by atoms with Gasteiger partial charge in [0.15, 0.2) is 0 Å². The van der Waals surface area contributed by atoms with E-state index in [4.69, 9.17) is 0 Å². The van der Waals surface area contributed by atoms with Crippen LogP contribution in [0.15, 0.2) is 0 Å². The lowest BCUT2D eigenvalue weighted by Gasteiger charge is -2.32. The largest absolute Gasteiger partial charge is 0.480 e. The molecule has 0 aromatic rings. The van der Waals surface area contributed by atoms with Gasteiger partial charge in [-0.25, -0.2) is 0 Å². The summed E-state index contributed by atoms with van der Waals surface area (Å²) >= 11 is 0. The Labute approximate surface area is 116 Å². The number of nitrogens with zero attached hydrogens (tertiary/aromatic N) is 1. The van der Waals surface area contributed by atoms with Gasteiger partial charge in [0.1, 0.15) is 5.54 Å². The SMILES string of the molecule is CCCC(C)N(C)C1CCC(NC2CC2)(C(=O)O)C1. The van der Waals surface area contributed by atoms with Crippen LogP contribution >= 0.6 is 0 Å². The third-order valence-corrected chi connectivity index (χ3v) is 4.93. The summed E-state index contributed by atoms with van der Waals surface area (Å²) in [5.41, 5.74) is -0.661. The van der Waals surface area contributed by atoms with Crippen molar-refractivity contribution in [3.63, 3.8) is 0 Å². The number of rotatable bonds is 7. The van der Waals surface area contributed by atoms with E-state index in [1.165, 1.54) is 12.8 Å².